The molecule has 20 nitrogen and oxygen atoms in total. The van der Waals surface area contributed by atoms with Crippen LogP contribution in [0.5, 0.6) is 0 Å². The van der Waals surface area contributed by atoms with Crippen molar-refractivity contribution in [1.82, 2.24) is 25.1 Å². The van der Waals surface area contributed by atoms with Crippen molar-refractivity contribution in [2.24, 2.45) is 10.1 Å². The molecule has 330 valence electrons. The fourth-order valence-corrected chi connectivity index (χ4v) is 6.36. The van der Waals surface area contributed by atoms with Crippen LogP contribution in [-0.4, -0.2) is 161 Å². The van der Waals surface area contributed by atoms with Crippen LogP contribution < -0.4 is 11.1 Å². The molecule has 21 heteroatoms. The van der Waals surface area contributed by atoms with Crippen LogP contribution in [-0.2, 0) is 49.2 Å². The molecule has 0 radical (unpaired) electrons. The third-order valence-electron chi connectivity index (χ3n) is 8.62. The van der Waals surface area contributed by atoms with Crippen LogP contribution in [0.2, 0.25) is 0 Å². The molecular formula is C39H58N10O10S. The number of nitrogens with two attached hydrogens (primary N) is 1. The van der Waals surface area contributed by atoms with Gasteiger partial charge in [-0.3, -0.25) is 14.6 Å². The van der Waals surface area contributed by atoms with E-state index >= 15 is 0 Å². The molecule has 2 aromatic heterocycles. The van der Waals surface area contributed by atoms with E-state index in [9.17, 15) is 9.59 Å². The number of rotatable bonds is 35. The van der Waals surface area contributed by atoms with Crippen LogP contribution in [0.4, 0.5) is 5.82 Å². The minimum absolute atomic E-state index is 0.167. The molecule has 0 atom stereocenters. The van der Waals surface area contributed by atoms with Crippen LogP contribution in [0.25, 0.3) is 32.7 Å². The molecule has 3 N–H and O–H groups in total. The Labute approximate surface area is 354 Å². The number of Topliss-reactive ketones (excluding diaryl/α,β-unsaturated/α-hetero) is 1. The fraction of sp³-hybridized carbons (Fsp3) is 0.641. The van der Waals surface area contributed by atoms with Gasteiger partial charge in [0.25, 0.3) is 5.91 Å². The zero-order valence-electron chi connectivity index (χ0n) is 34.2. The number of fused-ring (bicyclic) bond motifs is 1. The van der Waals surface area contributed by atoms with Gasteiger partial charge < -0.3 is 48.9 Å². The summed E-state index contributed by atoms with van der Waals surface area (Å²) in [5.74, 6) is 1.11. The molecule has 1 aliphatic heterocycles. The van der Waals surface area contributed by atoms with Crippen LogP contribution >= 0.6 is 11.8 Å². The predicted octanol–water partition coefficient (Wildman–Crippen LogP) is 3.87. The largest absolute Gasteiger partial charge is 0.383 e. The maximum absolute atomic E-state index is 12.9. The summed E-state index contributed by atoms with van der Waals surface area (Å²) in [6.07, 6.45) is 4.68. The zero-order valence-corrected chi connectivity index (χ0v) is 35.0. The highest BCUT2D eigenvalue weighted by Gasteiger charge is 2.19. The minimum Gasteiger partial charge on any atom is -0.383 e. The molecule has 0 saturated heterocycles. The van der Waals surface area contributed by atoms with Gasteiger partial charge in [-0.05, 0) is 30.5 Å². The SMILES string of the molecule is [N-]=[N+]=NCCOCCOCCOCCOCCOCCOCCOCCOCCC(=O)CCCCCn1nc(-c2cccc(C(=O)NC3=NCCS3)c2)c2c(N)ncnc21. The van der Waals surface area contributed by atoms with Crippen LogP contribution in [0, 0.1) is 0 Å². The topological polar surface area (TPSA) is 251 Å². The average Bonchev–Trinajstić information content (AvgIpc) is 3.92. The van der Waals surface area contributed by atoms with E-state index in [1.165, 1.54) is 18.1 Å². The van der Waals surface area contributed by atoms with Gasteiger partial charge in [-0.1, -0.05) is 35.4 Å². The second kappa shape index (κ2) is 30.7. The van der Waals surface area contributed by atoms with Gasteiger partial charge in [0.15, 0.2) is 10.8 Å². The molecule has 0 unspecified atom stereocenters. The lowest BCUT2D eigenvalue weighted by Gasteiger charge is -2.08. The number of anilines is 1. The van der Waals surface area contributed by atoms with Gasteiger partial charge in [0, 0.05) is 47.7 Å². The number of nitrogen functional groups attached to an aromatic ring is 1. The predicted molar refractivity (Wildman–Crippen MR) is 226 cm³/mol. The third-order valence-corrected chi connectivity index (χ3v) is 9.51. The Morgan fingerprint density at radius 3 is 1.97 bits per heavy atom. The second-order valence-electron chi connectivity index (χ2n) is 13.1. The number of ether oxygens (including phenoxy) is 8. The highest BCUT2D eigenvalue weighted by molar-refractivity contribution is 8.14. The number of thioether (sulfide) groups is 1. The van der Waals surface area contributed by atoms with Crippen LogP contribution in [0.3, 0.4) is 0 Å². The lowest BCUT2D eigenvalue weighted by Crippen LogP contribution is -2.27. The quantitative estimate of drug-likeness (QED) is 0.0369. The molecule has 0 saturated carbocycles. The number of azide groups is 1. The smallest absolute Gasteiger partial charge is 0.257 e. The number of amides is 1. The standard InChI is InChI=1S/C39H58N10O10S/c40-36-34-35(31-5-4-6-32(29-31)38(51)46-39-42-10-28-60-39)47-49(37(34)44-30-43-36)11-3-1-2-7-33(50)8-12-52-14-16-54-18-20-56-22-24-58-26-27-59-25-23-57-21-19-55-17-15-53-13-9-45-48-41/h4-6,29-30H,1-3,7-28H2,(H2,40,43,44)(H,42,46,51). The van der Waals surface area contributed by atoms with E-state index in [0.717, 1.165) is 30.6 Å². The molecule has 0 spiro atoms. The number of nitrogens with one attached hydrogen (secondary N) is 1. The summed E-state index contributed by atoms with van der Waals surface area (Å²) in [6, 6.07) is 7.23. The van der Waals surface area contributed by atoms with Crippen molar-refractivity contribution in [3.63, 3.8) is 0 Å². The van der Waals surface area contributed by atoms with Gasteiger partial charge in [-0.15, -0.1) is 0 Å². The molecule has 3 heterocycles. The van der Waals surface area contributed by atoms with Crippen molar-refractivity contribution < 1.29 is 47.5 Å². The summed E-state index contributed by atoms with van der Waals surface area (Å²) in [5, 5.41) is 12.3. The molecule has 1 aromatic carbocycles. The van der Waals surface area contributed by atoms with E-state index in [0.29, 0.717) is 171 Å². The van der Waals surface area contributed by atoms with Crippen LogP contribution in [0.15, 0.2) is 40.7 Å². The van der Waals surface area contributed by atoms with E-state index in [1.807, 2.05) is 16.8 Å². The minimum atomic E-state index is -0.233. The summed E-state index contributed by atoms with van der Waals surface area (Å²) in [4.78, 5) is 40.9. The molecule has 60 heavy (non-hydrogen) atoms. The number of benzene rings is 1. The van der Waals surface area contributed by atoms with Gasteiger partial charge in [-0.2, -0.15) is 5.10 Å². The summed E-state index contributed by atoms with van der Waals surface area (Å²) in [6.45, 7) is 8.75. The molecule has 3 aromatic rings. The number of unbranched alkanes of at least 4 members (excludes halogenated alkanes) is 2. The number of carbonyl (C=O) groups excluding carboxylic acids is 2. The summed E-state index contributed by atoms with van der Waals surface area (Å²) in [5.41, 5.74) is 16.9. The maximum Gasteiger partial charge on any atom is 0.257 e. The highest BCUT2D eigenvalue weighted by atomic mass is 32.2. The van der Waals surface area contributed by atoms with Gasteiger partial charge >= 0.3 is 0 Å². The molecule has 0 fully saturated rings. The molecule has 0 bridgehead atoms. The van der Waals surface area contributed by atoms with Gasteiger partial charge in [-0.25, -0.2) is 14.6 Å². The lowest BCUT2D eigenvalue weighted by molar-refractivity contribution is -0.120. The number of hydrogen-bond acceptors (Lipinski definition) is 17. The van der Waals surface area contributed by atoms with Crippen molar-refractivity contribution in [1.29, 1.82) is 0 Å². The van der Waals surface area contributed by atoms with Crippen LogP contribution in [0.1, 0.15) is 42.5 Å². The number of hydrogen-bond donors (Lipinski definition) is 2. The van der Waals surface area contributed by atoms with Crippen molar-refractivity contribution in [2.45, 2.75) is 38.6 Å². The first-order valence-corrected chi connectivity index (χ1v) is 21.3. The molecular weight excluding hydrogens is 801 g/mol. The van der Waals surface area contributed by atoms with Crippen molar-refractivity contribution in [2.75, 3.05) is 130 Å². The maximum atomic E-state index is 12.9. The first-order chi connectivity index (χ1) is 29.6. The Kier molecular flexibility index (Phi) is 24.8. The van der Waals surface area contributed by atoms with Crippen molar-refractivity contribution >= 4 is 45.5 Å². The Bertz CT molecular complexity index is 1780. The Morgan fingerprint density at radius 2 is 1.38 bits per heavy atom. The first-order valence-electron chi connectivity index (χ1n) is 20.3. The lowest BCUT2D eigenvalue weighted by atomic mass is 10.1. The first kappa shape index (κ1) is 48.4. The molecule has 0 aliphatic carbocycles. The number of amidine groups is 1. The second-order valence-corrected chi connectivity index (χ2v) is 14.1. The average molecular weight is 859 g/mol. The summed E-state index contributed by atoms with van der Waals surface area (Å²) in [7, 11) is 0. The van der Waals surface area contributed by atoms with E-state index in [4.69, 9.17) is 54.3 Å². The number of carbonyl (C=O) groups is 2. The van der Waals surface area contributed by atoms with Gasteiger partial charge in [0.05, 0.1) is 118 Å². The number of aromatic nitrogens is 4. The van der Waals surface area contributed by atoms with Crippen molar-refractivity contribution in [3.05, 3.63) is 46.6 Å². The third kappa shape index (κ3) is 19.4. The van der Waals surface area contributed by atoms with Crippen molar-refractivity contribution in [3.8, 4) is 11.3 Å². The molecule has 1 aliphatic rings. The van der Waals surface area contributed by atoms with E-state index < -0.39 is 0 Å². The Morgan fingerprint density at radius 1 is 0.783 bits per heavy atom. The Balaban J connectivity index is 0.930. The molecule has 4 rings (SSSR count). The zero-order chi connectivity index (χ0) is 42.3. The number of ketones is 1. The Hall–Kier alpha value is -4.28. The monoisotopic (exact) mass is 858 g/mol. The highest BCUT2D eigenvalue weighted by Crippen LogP contribution is 2.31. The van der Waals surface area contributed by atoms with Gasteiger partial charge in [0.1, 0.15) is 23.6 Å². The normalized spacial score (nSPS) is 12.5. The summed E-state index contributed by atoms with van der Waals surface area (Å²) < 4.78 is 45.4. The summed E-state index contributed by atoms with van der Waals surface area (Å²) >= 11 is 1.52. The van der Waals surface area contributed by atoms with E-state index in [1.54, 1.807) is 12.1 Å². The fourth-order valence-electron chi connectivity index (χ4n) is 5.64. The van der Waals surface area contributed by atoms with Gasteiger partial charge in [0.2, 0.25) is 0 Å². The van der Waals surface area contributed by atoms with E-state index in [-0.39, 0.29) is 11.7 Å². The van der Waals surface area contributed by atoms with E-state index in [2.05, 4.69) is 30.3 Å². The number of nitrogens with zero attached hydrogens (tertiary/aromatic N) is 8. The number of aliphatic imine (C=N–C) groups is 1. The molecule has 1 amide bonds. The number of aryl methyl sites for hydroxylation is 1.